The summed E-state index contributed by atoms with van der Waals surface area (Å²) >= 11 is 0. The van der Waals surface area contributed by atoms with Crippen LogP contribution in [-0.2, 0) is 9.47 Å². The van der Waals surface area contributed by atoms with Crippen molar-refractivity contribution in [3.63, 3.8) is 0 Å². The maximum Gasteiger partial charge on any atom is 0.410 e. The zero-order valence-corrected chi connectivity index (χ0v) is 10.4. The number of hydrogen-bond acceptors (Lipinski definition) is 3. The minimum Gasteiger partial charge on any atom is -0.444 e. The number of carbonyl (C=O) groups is 1. The van der Waals surface area contributed by atoms with Gasteiger partial charge in [0.1, 0.15) is 5.60 Å². The van der Waals surface area contributed by atoms with Crippen LogP contribution < -0.4 is 0 Å². The van der Waals surface area contributed by atoms with Gasteiger partial charge in [-0.25, -0.2) is 4.79 Å². The molecule has 1 aliphatic heterocycles. The maximum absolute atomic E-state index is 12.0. The molecule has 0 radical (unpaired) electrons. The highest BCUT2D eigenvalue weighted by atomic mass is 16.6. The van der Waals surface area contributed by atoms with E-state index in [1.165, 1.54) is 0 Å². The molecule has 1 saturated heterocycles. The van der Waals surface area contributed by atoms with Gasteiger partial charge in [-0.3, -0.25) is 0 Å². The van der Waals surface area contributed by atoms with Crippen molar-refractivity contribution >= 4 is 6.09 Å². The van der Waals surface area contributed by atoms with Crippen molar-refractivity contribution in [1.82, 2.24) is 4.90 Å². The number of rotatable bonds is 0. The van der Waals surface area contributed by atoms with Crippen LogP contribution in [0.25, 0.3) is 0 Å². The Bertz CT molecular complexity index is 272. The van der Waals surface area contributed by atoms with Gasteiger partial charge < -0.3 is 14.4 Å². The standard InChI is InChI=1S/C12H21NO3/c1-12(2,3)16-11(14)13-7-8-15-10-6-4-5-9(10)13/h9-10H,4-8H2,1-3H3/t9?,10-/m1/s1. The molecule has 1 heterocycles. The number of nitrogens with zero attached hydrogens (tertiary/aromatic N) is 1. The number of carbonyl (C=O) groups excluding carboxylic acids is 1. The number of ether oxygens (including phenoxy) is 2. The highest BCUT2D eigenvalue weighted by Crippen LogP contribution is 2.30. The number of morpholine rings is 1. The van der Waals surface area contributed by atoms with E-state index in [2.05, 4.69) is 0 Å². The lowest BCUT2D eigenvalue weighted by Crippen LogP contribution is -2.52. The van der Waals surface area contributed by atoms with Gasteiger partial charge in [0.25, 0.3) is 0 Å². The van der Waals surface area contributed by atoms with Gasteiger partial charge in [0.15, 0.2) is 0 Å². The largest absolute Gasteiger partial charge is 0.444 e. The van der Waals surface area contributed by atoms with Gasteiger partial charge in [0, 0.05) is 6.54 Å². The van der Waals surface area contributed by atoms with Gasteiger partial charge in [-0.15, -0.1) is 0 Å². The van der Waals surface area contributed by atoms with E-state index >= 15 is 0 Å². The topological polar surface area (TPSA) is 38.8 Å². The molecule has 1 aliphatic carbocycles. The predicted molar refractivity (Wildman–Crippen MR) is 60.3 cm³/mol. The summed E-state index contributed by atoms with van der Waals surface area (Å²) in [5, 5.41) is 0. The first-order chi connectivity index (χ1) is 7.47. The minimum absolute atomic E-state index is 0.187. The molecule has 1 unspecified atom stereocenters. The Labute approximate surface area is 96.9 Å². The predicted octanol–water partition coefficient (Wildman–Crippen LogP) is 2.17. The summed E-state index contributed by atoms with van der Waals surface area (Å²) in [7, 11) is 0. The molecule has 0 aromatic carbocycles. The van der Waals surface area contributed by atoms with E-state index < -0.39 is 5.60 Å². The SMILES string of the molecule is CC(C)(C)OC(=O)N1CCO[C@@H]2CCCC21. The molecule has 1 saturated carbocycles. The monoisotopic (exact) mass is 227 g/mol. The lowest BCUT2D eigenvalue weighted by Gasteiger charge is -2.38. The van der Waals surface area contributed by atoms with Crippen molar-refractivity contribution in [1.29, 1.82) is 0 Å². The average Bonchev–Trinajstić information content (AvgIpc) is 2.61. The van der Waals surface area contributed by atoms with Gasteiger partial charge in [-0.2, -0.15) is 0 Å². The van der Waals surface area contributed by atoms with Crippen LogP contribution in [0.15, 0.2) is 0 Å². The van der Waals surface area contributed by atoms with Gasteiger partial charge >= 0.3 is 6.09 Å². The highest BCUT2D eigenvalue weighted by Gasteiger charge is 2.39. The van der Waals surface area contributed by atoms with Gasteiger partial charge in [-0.1, -0.05) is 0 Å². The van der Waals surface area contributed by atoms with E-state index in [0.29, 0.717) is 13.2 Å². The van der Waals surface area contributed by atoms with Crippen LogP contribution in [-0.4, -0.2) is 41.9 Å². The molecule has 1 amide bonds. The Morgan fingerprint density at radius 2 is 2.12 bits per heavy atom. The smallest absolute Gasteiger partial charge is 0.410 e. The summed E-state index contributed by atoms with van der Waals surface area (Å²) < 4.78 is 11.1. The Kier molecular flexibility index (Phi) is 3.10. The van der Waals surface area contributed by atoms with E-state index in [9.17, 15) is 4.79 Å². The van der Waals surface area contributed by atoms with E-state index in [0.717, 1.165) is 19.3 Å². The summed E-state index contributed by atoms with van der Waals surface area (Å²) in [5.74, 6) is 0. The molecule has 4 heteroatoms. The Morgan fingerprint density at radius 3 is 2.81 bits per heavy atom. The lowest BCUT2D eigenvalue weighted by molar-refractivity contribution is -0.0634. The zero-order chi connectivity index (χ0) is 11.8. The molecule has 0 aromatic heterocycles. The molecule has 2 atom stereocenters. The third-order valence-electron chi connectivity index (χ3n) is 3.11. The summed E-state index contributed by atoms with van der Waals surface area (Å²) in [6.45, 7) is 7.00. The summed E-state index contributed by atoms with van der Waals surface area (Å²) in [4.78, 5) is 13.9. The molecular formula is C12H21NO3. The lowest BCUT2D eigenvalue weighted by atomic mass is 10.1. The Hall–Kier alpha value is -0.770. The Balaban J connectivity index is 2.00. The van der Waals surface area contributed by atoms with E-state index in [4.69, 9.17) is 9.47 Å². The van der Waals surface area contributed by atoms with Crippen molar-refractivity contribution in [2.75, 3.05) is 13.2 Å². The normalized spacial score (nSPS) is 30.1. The number of hydrogen-bond donors (Lipinski definition) is 0. The molecule has 0 aromatic rings. The second kappa shape index (κ2) is 4.24. The van der Waals surface area contributed by atoms with Gasteiger partial charge in [-0.05, 0) is 40.0 Å². The van der Waals surface area contributed by atoms with Crippen molar-refractivity contribution < 1.29 is 14.3 Å². The summed E-state index contributed by atoms with van der Waals surface area (Å²) in [5.41, 5.74) is -0.413. The molecule has 16 heavy (non-hydrogen) atoms. The molecule has 0 spiro atoms. The van der Waals surface area contributed by atoms with E-state index in [-0.39, 0.29) is 18.2 Å². The first-order valence-corrected chi connectivity index (χ1v) is 6.08. The van der Waals surface area contributed by atoms with Crippen LogP contribution in [0.1, 0.15) is 40.0 Å². The second-order valence-electron chi connectivity index (χ2n) is 5.58. The summed E-state index contributed by atoms with van der Waals surface area (Å²) in [6, 6.07) is 0.239. The molecule has 2 fully saturated rings. The van der Waals surface area contributed by atoms with Crippen molar-refractivity contribution in [3.05, 3.63) is 0 Å². The van der Waals surface area contributed by atoms with Gasteiger partial charge in [0.2, 0.25) is 0 Å². The summed E-state index contributed by atoms with van der Waals surface area (Å²) in [6.07, 6.45) is 3.32. The number of fused-ring (bicyclic) bond motifs is 1. The number of amides is 1. The van der Waals surface area contributed by atoms with Crippen LogP contribution in [0.5, 0.6) is 0 Å². The molecule has 0 bridgehead atoms. The van der Waals surface area contributed by atoms with E-state index in [1.807, 2.05) is 25.7 Å². The zero-order valence-electron chi connectivity index (χ0n) is 10.4. The average molecular weight is 227 g/mol. The molecule has 2 rings (SSSR count). The quantitative estimate of drug-likeness (QED) is 0.636. The third-order valence-corrected chi connectivity index (χ3v) is 3.11. The second-order valence-corrected chi connectivity index (χ2v) is 5.58. The van der Waals surface area contributed by atoms with Crippen LogP contribution >= 0.6 is 0 Å². The molecule has 92 valence electrons. The first kappa shape index (κ1) is 11.7. The van der Waals surface area contributed by atoms with Crippen LogP contribution in [0.3, 0.4) is 0 Å². The van der Waals surface area contributed by atoms with Crippen molar-refractivity contribution in [2.24, 2.45) is 0 Å². The molecule has 0 N–H and O–H groups in total. The van der Waals surface area contributed by atoms with Crippen LogP contribution in [0.4, 0.5) is 4.79 Å². The fourth-order valence-electron chi connectivity index (χ4n) is 2.47. The Morgan fingerprint density at radius 1 is 1.38 bits per heavy atom. The minimum atomic E-state index is -0.413. The first-order valence-electron chi connectivity index (χ1n) is 6.08. The molecular weight excluding hydrogens is 206 g/mol. The molecule has 2 aliphatic rings. The van der Waals surface area contributed by atoms with E-state index in [1.54, 1.807) is 0 Å². The van der Waals surface area contributed by atoms with Crippen LogP contribution in [0, 0.1) is 0 Å². The third kappa shape index (κ3) is 2.48. The van der Waals surface area contributed by atoms with Crippen molar-refractivity contribution in [2.45, 2.75) is 57.8 Å². The van der Waals surface area contributed by atoms with Crippen LogP contribution in [0.2, 0.25) is 0 Å². The maximum atomic E-state index is 12.0. The molecule has 4 nitrogen and oxygen atoms in total. The van der Waals surface area contributed by atoms with Crippen molar-refractivity contribution in [3.8, 4) is 0 Å². The van der Waals surface area contributed by atoms with Gasteiger partial charge in [0.05, 0.1) is 18.8 Å². The highest BCUT2D eigenvalue weighted by molar-refractivity contribution is 5.68. The fourth-order valence-corrected chi connectivity index (χ4v) is 2.47. The fraction of sp³-hybridized carbons (Fsp3) is 0.917.